The van der Waals surface area contributed by atoms with E-state index in [9.17, 15) is 0 Å². The highest BCUT2D eigenvalue weighted by molar-refractivity contribution is 7.17. The van der Waals surface area contributed by atoms with E-state index in [2.05, 4.69) is 18.4 Å². The Hall–Kier alpha value is -0.530. The second-order valence-corrected chi connectivity index (χ2v) is 4.33. The first-order chi connectivity index (χ1) is 5.68. The van der Waals surface area contributed by atoms with Crippen LogP contribution in [0.4, 0.5) is 0 Å². The number of benzene rings is 1. The van der Waals surface area contributed by atoms with Crippen LogP contribution in [0.15, 0.2) is 17.5 Å². The van der Waals surface area contributed by atoms with Gasteiger partial charge in [-0.3, -0.25) is 0 Å². The first-order valence-electron chi connectivity index (χ1n) is 3.82. The third-order valence-electron chi connectivity index (χ3n) is 2.05. The fourth-order valence-electron chi connectivity index (χ4n) is 1.28. The number of halogens is 1. The Bertz CT molecular complexity index is 429. The third kappa shape index (κ3) is 1.13. The Kier molecular flexibility index (Phi) is 1.85. The van der Waals surface area contributed by atoms with Crippen LogP contribution in [0.3, 0.4) is 0 Å². The molecule has 1 aromatic heterocycles. The molecule has 62 valence electrons. The van der Waals surface area contributed by atoms with Crippen molar-refractivity contribution in [1.29, 1.82) is 0 Å². The van der Waals surface area contributed by atoms with E-state index in [0.29, 0.717) is 0 Å². The maximum Gasteiger partial charge on any atom is 0.0449 e. The number of fused-ring (bicyclic) bond motifs is 1. The predicted octanol–water partition coefficient (Wildman–Crippen LogP) is 4.17. The highest BCUT2D eigenvalue weighted by atomic mass is 35.5. The van der Waals surface area contributed by atoms with Gasteiger partial charge >= 0.3 is 0 Å². The van der Waals surface area contributed by atoms with Gasteiger partial charge in [0.15, 0.2) is 0 Å². The van der Waals surface area contributed by atoms with Gasteiger partial charge in [-0.25, -0.2) is 0 Å². The van der Waals surface area contributed by atoms with E-state index < -0.39 is 0 Å². The zero-order valence-electron chi connectivity index (χ0n) is 7.02. The summed E-state index contributed by atoms with van der Waals surface area (Å²) in [7, 11) is 0. The largest absolute Gasteiger partial charge is 0.143 e. The molecule has 0 aliphatic heterocycles. The predicted molar refractivity (Wildman–Crippen MR) is 56.3 cm³/mol. The molecule has 0 fully saturated rings. The van der Waals surface area contributed by atoms with Gasteiger partial charge in [0.25, 0.3) is 0 Å². The minimum absolute atomic E-state index is 0.865. The van der Waals surface area contributed by atoms with Gasteiger partial charge in [-0.15, -0.1) is 11.3 Å². The molecule has 2 rings (SSSR count). The average Bonchev–Trinajstić information content (AvgIpc) is 2.35. The van der Waals surface area contributed by atoms with E-state index >= 15 is 0 Å². The zero-order chi connectivity index (χ0) is 8.72. The number of hydrogen-bond donors (Lipinski definition) is 0. The van der Waals surface area contributed by atoms with Crippen LogP contribution in [0.25, 0.3) is 10.1 Å². The lowest BCUT2D eigenvalue weighted by Crippen LogP contribution is -1.74. The van der Waals surface area contributed by atoms with Crippen LogP contribution in [-0.4, -0.2) is 0 Å². The molecule has 0 saturated heterocycles. The minimum atomic E-state index is 0.865. The van der Waals surface area contributed by atoms with Gasteiger partial charge in [-0.1, -0.05) is 11.6 Å². The molecule has 0 radical (unpaired) electrons. The Morgan fingerprint density at radius 1 is 1.17 bits per heavy atom. The molecule has 12 heavy (non-hydrogen) atoms. The summed E-state index contributed by atoms with van der Waals surface area (Å²) in [6.07, 6.45) is 0. The number of rotatable bonds is 0. The van der Waals surface area contributed by atoms with Gasteiger partial charge in [0, 0.05) is 9.72 Å². The first kappa shape index (κ1) is 8.09. The van der Waals surface area contributed by atoms with Crippen LogP contribution in [0.1, 0.15) is 11.1 Å². The lowest BCUT2D eigenvalue weighted by atomic mass is 10.1. The lowest BCUT2D eigenvalue weighted by molar-refractivity contribution is 1.49. The van der Waals surface area contributed by atoms with Crippen molar-refractivity contribution in [1.82, 2.24) is 0 Å². The van der Waals surface area contributed by atoms with Crippen molar-refractivity contribution in [3.05, 3.63) is 33.7 Å². The molecule has 2 heteroatoms. The van der Waals surface area contributed by atoms with Gasteiger partial charge in [-0.2, -0.15) is 0 Å². The SMILES string of the molecule is Cc1cc2c(C)csc2cc1Cl. The Labute approximate surface area is 80.8 Å². The average molecular weight is 197 g/mol. The molecule has 0 saturated carbocycles. The highest BCUT2D eigenvalue weighted by Crippen LogP contribution is 2.30. The Balaban J connectivity index is 2.87. The standard InChI is InChI=1S/C10H9ClS/c1-6-3-8-7(2)5-12-10(8)4-9(6)11/h3-5H,1-2H3. The monoisotopic (exact) mass is 196 g/mol. The molecule has 0 amide bonds. The fourth-order valence-corrected chi connectivity index (χ4v) is 2.48. The van der Waals surface area contributed by atoms with Crippen molar-refractivity contribution >= 4 is 33.0 Å². The molecular formula is C10H9ClS. The molecule has 0 atom stereocenters. The van der Waals surface area contributed by atoms with Gasteiger partial charge in [0.2, 0.25) is 0 Å². The maximum atomic E-state index is 6.00. The minimum Gasteiger partial charge on any atom is -0.143 e. The van der Waals surface area contributed by atoms with E-state index in [-0.39, 0.29) is 0 Å². The molecule has 2 aromatic rings. The maximum absolute atomic E-state index is 6.00. The van der Waals surface area contributed by atoms with Crippen molar-refractivity contribution < 1.29 is 0 Å². The Morgan fingerprint density at radius 3 is 2.67 bits per heavy atom. The summed E-state index contributed by atoms with van der Waals surface area (Å²) in [6.45, 7) is 4.17. The second-order valence-electron chi connectivity index (χ2n) is 3.02. The van der Waals surface area contributed by atoms with Crippen molar-refractivity contribution in [3.63, 3.8) is 0 Å². The summed E-state index contributed by atoms with van der Waals surface area (Å²) in [5.74, 6) is 0. The zero-order valence-corrected chi connectivity index (χ0v) is 8.59. The van der Waals surface area contributed by atoms with E-state index in [1.807, 2.05) is 13.0 Å². The van der Waals surface area contributed by atoms with Crippen LogP contribution in [-0.2, 0) is 0 Å². The summed E-state index contributed by atoms with van der Waals surface area (Å²) in [4.78, 5) is 0. The second kappa shape index (κ2) is 2.75. The summed E-state index contributed by atoms with van der Waals surface area (Å²) < 4.78 is 1.28. The summed E-state index contributed by atoms with van der Waals surface area (Å²) in [5, 5.41) is 4.37. The summed E-state index contributed by atoms with van der Waals surface area (Å²) in [5.41, 5.74) is 2.50. The topological polar surface area (TPSA) is 0 Å². The molecule has 0 aliphatic carbocycles. The molecular weight excluding hydrogens is 188 g/mol. The van der Waals surface area contributed by atoms with Gasteiger partial charge in [0.05, 0.1) is 0 Å². The Morgan fingerprint density at radius 2 is 1.92 bits per heavy atom. The molecule has 0 bridgehead atoms. The van der Waals surface area contributed by atoms with Crippen LogP contribution < -0.4 is 0 Å². The van der Waals surface area contributed by atoms with Crippen molar-refractivity contribution in [2.24, 2.45) is 0 Å². The number of thiophene rings is 1. The highest BCUT2D eigenvalue weighted by Gasteiger charge is 2.02. The summed E-state index contributed by atoms with van der Waals surface area (Å²) >= 11 is 7.76. The normalized spacial score (nSPS) is 10.9. The van der Waals surface area contributed by atoms with Crippen LogP contribution in [0, 0.1) is 13.8 Å². The fraction of sp³-hybridized carbons (Fsp3) is 0.200. The van der Waals surface area contributed by atoms with Crippen LogP contribution >= 0.6 is 22.9 Å². The third-order valence-corrected chi connectivity index (χ3v) is 3.52. The number of aryl methyl sites for hydroxylation is 2. The van der Waals surface area contributed by atoms with Crippen LogP contribution in [0.5, 0.6) is 0 Å². The van der Waals surface area contributed by atoms with Gasteiger partial charge in [-0.05, 0) is 47.9 Å². The van der Waals surface area contributed by atoms with Gasteiger partial charge in [0.1, 0.15) is 0 Å². The molecule has 0 aliphatic rings. The van der Waals surface area contributed by atoms with E-state index in [0.717, 1.165) is 10.6 Å². The molecule has 0 N–H and O–H groups in total. The quantitative estimate of drug-likeness (QED) is 0.593. The molecule has 1 aromatic carbocycles. The molecule has 0 nitrogen and oxygen atoms in total. The number of hydrogen-bond acceptors (Lipinski definition) is 1. The van der Waals surface area contributed by atoms with E-state index in [1.165, 1.54) is 15.6 Å². The lowest BCUT2D eigenvalue weighted by Gasteiger charge is -1.97. The molecule has 1 heterocycles. The first-order valence-corrected chi connectivity index (χ1v) is 5.08. The van der Waals surface area contributed by atoms with Crippen molar-refractivity contribution in [2.45, 2.75) is 13.8 Å². The van der Waals surface area contributed by atoms with E-state index in [1.54, 1.807) is 11.3 Å². The molecule has 0 unspecified atom stereocenters. The van der Waals surface area contributed by atoms with E-state index in [4.69, 9.17) is 11.6 Å². The van der Waals surface area contributed by atoms with Crippen molar-refractivity contribution in [3.8, 4) is 0 Å². The molecule has 0 spiro atoms. The van der Waals surface area contributed by atoms with Crippen molar-refractivity contribution in [2.75, 3.05) is 0 Å². The smallest absolute Gasteiger partial charge is 0.0449 e. The van der Waals surface area contributed by atoms with Gasteiger partial charge < -0.3 is 0 Å². The van der Waals surface area contributed by atoms with Crippen LogP contribution in [0.2, 0.25) is 5.02 Å². The summed E-state index contributed by atoms with van der Waals surface area (Å²) in [6, 6.07) is 4.20.